The van der Waals surface area contributed by atoms with Crippen LogP contribution in [-0.4, -0.2) is 33.1 Å². The summed E-state index contributed by atoms with van der Waals surface area (Å²) >= 11 is -3.55. The molecule has 6 nitrogen and oxygen atoms in total. The summed E-state index contributed by atoms with van der Waals surface area (Å²) in [6.45, 7) is 11.4. The molecule has 0 spiro atoms. The van der Waals surface area contributed by atoms with Crippen molar-refractivity contribution in [1.82, 2.24) is 0 Å². The average Bonchev–Trinajstić information content (AvgIpc) is 2.79. The fourth-order valence-corrected chi connectivity index (χ4v) is 4.22. The molecule has 0 aliphatic rings. The first-order valence-electron chi connectivity index (χ1n) is 10.9. The molecule has 7 heteroatoms. The summed E-state index contributed by atoms with van der Waals surface area (Å²) in [6, 6.07) is 15.3. The van der Waals surface area contributed by atoms with Crippen LogP contribution in [0.4, 0.5) is 0 Å². The van der Waals surface area contributed by atoms with E-state index in [1.807, 2.05) is 41.5 Å². The molecule has 0 radical (unpaired) electrons. The van der Waals surface area contributed by atoms with Crippen molar-refractivity contribution in [1.29, 1.82) is 0 Å². The summed E-state index contributed by atoms with van der Waals surface area (Å²) in [4.78, 5) is 38.3. The Hall–Kier alpha value is -3.40. The second kappa shape index (κ2) is 10.7. The van der Waals surface area contributed by atoms with Crippen molar-refractivity contribution in [2.45, 2.75) is 41.5 Å². The van der Waals surface area contributed by atoms with Gasteiger partial charge in [0.2, 0.25) is 0 Å². The number of rotatable bonds is 6. The summed E-state index contributed by atoms with van der Waals surface area (Å²) in [5.74, 6) is -2.17. The van der Waals surface area contributed by atoms with E-state index in [0.717, 1.165) is 33.4 Å². The van der Waals surface area contributed by atoms with Gasteiger partial charge in [0.1, 0.15) is 0 Å². The van der Waals surface area contributed by atoms with E-state index in [1.54, 1.807) is 54.6 Å². The molecule has 0 fully saturated rings. The number of carbonyl (C=O) groups excluding carboxylic acids is 3. The molecule has 3 aromatic rings. The molecule has 0 aliphatic heterocycles. The van der Waals surface area contributed by atoms with Crippen molar-refractivity contribution in [3.63, 3.8) is 0 Å². The van der Waals surface area contributed by atoms with Gasteiger partial charge in [0.05, 0.1) is 16.7 Å². The maximum Gasteiger partial charge on any atom is 1.20 e. The Morgan fingerprint density at radius 2 is 0.735 bits per heavy atom. The van der Waals surface area contributed by atoms with Crippen LogP contribution >= 0.6 is 0 Å². The molecule has 0 amide bonds. The topological polar surface area (TPSA) is 78.9 Å². The Morgan fingerprint density at radius 3 is 0.971 bits per heavy atom. The van der Waals surface area contributed by atoms with Crippen molar-refractivity contribution in [2.75, 3.05) is 0 Å². The normalized spacial score (nSPS) is 10.4. The SMILES string of the molecule is Cc1ccc(C(=O)[O][Al]([O]C(=O)c2ccc(C)c(C)c2)[O]C(=O)c2ccc(C)c(C)c2)cc1C. The lowest BCUT2D eigenvalue weighted by Gasteiger charge is -2.15. The van der Waals surface area contributed by atoms with Gasteiger partial charge in [-0.25, -0.2) is 14.4 Å². The lowest BCUT2D eigenvalue weighted by molar-refractivity contribution is 0.0410. The highest BCUT2D eigenvalue weighted by Gasteiger charge is 2.49. The first-order chi connectivity index (χ1) is 16.0. The van der Waals surface area contributed by atoms with Crippen LogP contribution in [0.5, 0.6) is 0 Å². The van der Waals surface area contributed by atoms with Crippen molar-refractivity contribution in [3.8, 4) is 0 Å². The first kappa shape index (κ1) is 25.2. The third-order valence-electron chi connectivity index (χ3n) is 5.84. The van der Waals surface area contributed by atoms with Crippen molar-refractivity contribution in [3.05, 3.63) is 105 Å². The Morgan fingerprint density at radius 1 is 0.471 bits per heavy atom. The maximum absolute atomic E-state index is 12.8. The first-order valence-corrected chi connectivity index (χ1v) is 12.3. The maximum atomic E-state index is 12.8. The smallest absolute Gasteiger partial charge is 0.547 e. The second-order valence-corrected chi connectivity index (χ2v) is 9.69. The predicted octanol–water partition coefficient (Wildman–Crippen LogP) is 5.39. The second-order valence-electron chi connectivity index (χ2n) is 8.40. The number of aryl methyl sites for hydroxylation is 6. The van der Waals surface area contributed by atoms with Gasteiger partial charge in [-0.15, -0.1) is 0 Å². The van der Waals surface area contributed by atoms with Gasteiger partial charge in [0.15, 0.2) is 0 Å². The minimum absolute atomic E-state index is 0.282. The molecular formula is C27H27AlO6. The van der Waals surface area contributed by atoms with E-state index >= 15 is 0 Å². The van der Waals surface area contributed by atoms with E-state index in [2.05, 4.69) is 0 Å². The monoisotopic (exact) mass is 474 g/mol. The molecule has 3 rings (SSSR count). The number of hydrogen-bond donors (Lipinski definition) is 0. The van der Waals surface area contributed by atoms with Crippen LogP contribution in [-0.2, 0) is 11.4 Å². The van der Waals surface area contributed by atoms with Gasteiger partial charge in [0, 0.05) is 0 Å². The standard InChI is InChI=1S/3C9H10O2.Al/c3*1-6-3-4-8(9(10)11)5-7(6)2;/h3*3-5H,1-2H3,(H,10,11);/q;;;+3/p-3. The predicted molar refractivity (Wildman–Crippen MR) is 130 cm³/mol. The van der Waals surface area contributed by atoms with Crippen LogP contribution in [0, 0.1) is 41.5 Å². The third-order valence-corrected chi connectivity index (χ3v) is 7.06. The Labute approximate surface area is 204 Å². The van der Waals surface area contributed by atoms with Crippen LogP contribution < -0.4 is 0 Å². The van der Waals surface area contributed by atoms with Gasteiger partial charge in [-0.1, -0.05) is 18.2 Å². The Bertz CT molecular complexity index is 1110. The van der Waals surface area contributed by atoms with Gasteiger partial charge in [-0.2, -0.15) is 0 Å². The largest absolute Gasteiger partial charge is 1.20 e. The summed E-state index contributed by atoms with van der Waals surface area (Å²) < 4.78 is 16.3. The highest BCUT2D eigenvalue weighted by molar-refractivity contribution is 6.45. The van der Waals surface area contributed by atoms with Crippen molar-refractivity contribution >= 4 is 33.1 Å². The lowest BCUT2D eigenvalue weighted by Crippen LogP contribution is -2.35. The molecule has 0 N–H and O–H groups in total. The molecule has 0 bridgehead atoms. The fourth-order valence-electron chi connectivity index (χ4n) is 3.14. The van der Waals surface area contributed by atoms with Crippen molar-refractivity contribution in [2.24, 2.45) is 0 Å². The van der Waals surface area contributed by atoms with Gasteiger partial charge in [-0.05, 0) is 111 Å². The summed E-state index contributed by atoms with van der Waals surface area (Å²) in [7, 11) is 0. The van der Waals surface area contributed by atoms with Gasteiger partial charge in [0.25, 0.3) is 0 Å². The van der Waals surface area contributed by atoms with E-state index in [0.29, 0.717) is 0 Å². The summed E-state index contributed by atoms with van der Waals surface area (Å²) in [5.41, 5.74) is 6.64. The zero-order valence-electron chi connectivity index (χ0n) is 20.2. The summed E-state index contributed by atoms with van der Waals surface area (Å²) in [5, 5.41) is 0. The molecular weight excluding hydrogens is 447 g/mol. The van der Waals surface area contributed by atoms with Crippen LogP contribution in [0.3, 0.4) is 0 Å². The molecule has 0 aliphatic carbocycles. The van der Waals surface area contributed by atoms with E-state index in [-0.39, 0.29) is 16.7 Å². The van der Waals surface area contributed by atoms with Gasteiger partial charge in [-0.3, -0.25) is 0 Å². The fraction of sp³-hybridized carbons (Fsp3) is 0.222. The molecule has 0 atom stereocenters. The molecule has 3 aromatic carbocycles. The van der Waals surface area contributed by atoms with Crippen molar-refractivity contribution < 1.29 is 25.7 Å². The number of carbonyl (C=O) groups is 3. The molecule has 0 saturated heterocycles. The van der Waals surface area contributed by atoms with Gasteiger partial charge >= 0.3 is 33.1 Å². The molecule has 174 valence electrons. The van der Waals surface area contributed by atoms with Crippen LogP contribution in [0.2, 0.25) is 0 Å². The average molecular weight is 474 g/mol. The van der Waals surface area contributed by atoms with Crippen LogP contribution in [0.1, 0.15) is 64.5 Å². The molecule has 0 heterocycles. The summed E-state index contributed by atoms with van der Waals surface area (Å²) in [6.07, 6.45) is 0. The number of benzene rings is 3. The minimum Gasteiger partial charge on any atom is -0.547 e. The van der Waals surface area contributed by atoms with Crippen LogP contribution in [0.25, 0.3) is 0 Å². The zero-order chi connectivity index (χ0) is 25.0. The molecule has 0 aromatic heterocycles. The molecule has 0 saturated carbocycles. The Kier molecular flexibility index (Phi) is 7.93. The van der Waals surface area contributed by atoms with E-state index < -0.39 is 33.1 Å². The number of hydrogen-bond acceptors (Lipinski definition) is 6. The molecule has 34 heavy (non-hydrogen) atoms. The Balaban J connectivity index is 1.84. The van der Waals surface area contributed by atoms with Gasteiger partial charge < -0.3 is 11.4 Å². The quantitative estimate of drug-likeness (QED) is 0.446. The third kappa shape index (κ3) is 6.13. The highest BCUT2D eigenvalue weighted by Crippen LogP contribution is 2.16. The van der Waals surface area contributed by atoms with E-state index in [1.165, 1.54) is 0 Å². The lowest BCUT2D eigenvalue weighted by atomic mass is 10.1. The molecule has 0 unspecified atom stereocenters. The highest BCUT2D eigenvalue weighted by atomic mass is 27.3. The minimum atomic E-state index is -3.55. The van der Waals surface area contributed by atoms with Crippen LogP contribution in [0.15, 0.2) is 54.6 Å². The zero-order valence-corrected chi connectivity index (χ0v) is 21.4. The van der Waals surface area contributed by atoms with E-state index in [4.69, 9.17) is 11.4 Å². The van der Waals surface area contributed by atoms with E-state index in [9.17, 15) is 14.4 Å².